The van der Waals surface area contributed by atoms with Crippen LogP contribution in [0.1, 0.15) is 10.4 Å². The van der Waals surface area contributed by atoms with Crippen LogP contribution >= 0.6 is 35.6 Å². The summed E-state index contributed by atoms with van der Waals surface area (Å²) in [5.74, 6) is -1.54. The minimum absolute atomic E-state index is 0.0813. The molecule has 0 radical (unpaired) electrons. The van der Waals surface area contributed by atoms with Gasteiger partial charge in [0.15, 0.2) is 0 Å². The number of halogens is 1. The molecule has 1 aromatic rings. The van der Waals surface area contributed by atoms with Gasteiger partial charge < -0.3 is 10.4 Å². The fraction of sp³-hybridized carbons (Fsp3) is 0.100. The number of carbonyl (C=O) groups excluding carboxylic acids is 1. The number of hydrogen-bond donors (Lipinski definition) is 2. The lowest BCUT2D eigenvalue weighted by Crippen LogP contribution is -2.22. The van der Waals surface area contributed by atoms with Crippen molar-refractivity contribution >= 4 is 57.5 Å². The number of aromatic carboxylic acids is 1. The molecule has 2 N–H and O–H groups in total. The summed E-state index contributed by atoms with van der Waals surface area (Å²) in [7, 11) is 0. The van der Waals surface area contributed by atoms with Crippen LogP contribution in [0.4, 0.5) is 5.69 Å². The molecule has 0 aromatic heterocycles. The van der Waals surface area contributed by atoms with Gasteiger partial charge in [-0.25, -0.2) is 4.79 Å². The number of benzene rings is 1. The Balaban J connectivity index is 2.26. The molecule has 2 rings (SSSR count). The van der Waals surface area contributed by atoms with Gasteiger partial charge in [0.05, 0.1) is 11.3 Å². The summed E-state index contributed by atoms with van der Waals surface area (Å²) in [5, 5.41) is 18.5. The van der Waals surface area contributed by atoms with Gasteiger partial charge in [0.2, 0.25) is 5.37 Å². The Kier molecular flexibility index (Phi) is 4.13. The highest BCUT2D eigenvalue weighted by Crippen LogP contribution is 2.26. The first-order valence-electron chi connectivity index (χ1n) is 4.92. The molecule has 1 saturated heterocycles. The van der Waals surface area contributed by atoms with Crippen LogP contribution in [0.15, 0.2) is 28.4 Å². The van der Waals surface area contributed by atoms with Crippen LogP contribution in [0.25, 0.3) is 0 Å². The van der Waals surface area contributed by atoms with Crippen molar-refractivity contribution in [3.63, 3.8) is 0 Å². The van der Waals surface area contributed by atoms with Gasteiger partial charge in [-0.3, -0.25) is 4.79 Å². The van der Waals surface area contributed by atoms with Crippen LogP contribution in [0.5, 0.6) is 0 Å². The zero-order chi connectivity index (χ0) is 14.0. The van der Waals surface area contributed by atoms with E-state index in [0.29, 0.717) is 4.32 Å². The molecule has 6 nitrogen and oxygen atoms in total. The lowest BCUT2D eigenvalue weighted by atomic mass is 10.2. The molecule has 1 fully saturated rings. The second-order valence-corrected chi connectivity index (χ2v) is 5.62. The van der Waals surface area contributed by atoms with Crippen LogP contribution in [0.2, 0.25) is 5.02 Å². The summed E-state index contributed by atoms with van der Waals surface area (Å²) in [5.41, 5.74) is 0.0466. The van der Waals surface area contributed by atoms with E-state index in [9.17, 15) is 9.59 Å². The summed E-state index contributed by atoms with van der Waals surface area (Å²) in [6.07, 6.45) is 0. The maximum absolute atomic E-state index is 11.4. The number of carboxylic acid groups (broad SMARTS) is 1. The highest BCUT2D eigenvalue weighted by atomic mass is 35.5. The zero-order valence-electron chi connectivity index (χ0n) is 9.16. The number of thioether (sulfide) groups is 1. The molecule has 1 aromatic carbocycles. The molecule has 1 aliphatic heterocycles. The number of thiocarbonyl (C=S) groups is 1. The maximum atomic E-state index is 11.4. The van der Waals surface area contributed by atoms with Crippen LogP contribution < -0.4 is 5.32 Å². The summed E-state index contributed by atoms with van der Waals surface area (Å²) in [6.45, 7) is 0. The van der Waals surface area contributed by atoms with Gasteiger partial charge in [0.25, 0.3) is 5.91 Å². The molecule has 1 heterocycles. The van der Waals surface area contributed by atoms with Crippen molar-refractivity contribution in [2.75, 3.05) is 0 Å². The molecule has 0 aliphatic carbocycles. The molecule has 19 heavy (non-hydrogen) atoms. The lowest BCUT2D eigenvalue weighted by molar-refractivity contribution is -0.118. The van der Waals surface area contributed by atoms with Gasteiger partial charge in [-0.05, 0) is 18.2 Å². The Morgan fingerprint density at radius 3 is 2.84 bits per heavy atom. The topological polar surface area (TPSA) is 91.1 Å². The van der Waals surface area contributed by atoms with Gasteiger partial charge >= 0.3 is 5.97 Å². The Hall–Kier alpha value is -1.51. The first-order chi connectivity index (χ1) is 8.97. The molecule has 1 aliphatic rings. The number of carboxylic acids is 1. The fourth-order valence-electron chi connectivity index (χ4n) is 1.30. The quantitative estimate of drug-likeness (QED) is 0.661. The fourth-order valence-corrected chi connectivity index (χ4v) is 2.47. The molecule has 0 spiro atoms. The number of rotatable bonds is 3. The SMILES string of the molecule is O=C(O)c1cc(Cl)ccc1N=N[C@H]1SC(=S)NC1=O. The van der Waals surface area contributed by atoms with Gasteiger partial charge in [-0.15, -0.1) is 0 Å². The number of amides is 1. The van der Waals surface area contributed by atoms with E-state index in [1.165, 1.54) is 18.2 Å². The third-order valence-electron chi connectivity index (χ3n) is 2.13. The average molecular weight is 316 g/mol. The number of carbonyl (C=O) groups is 2. The first-order valence-corrected chi connectivity index (χ1v) is 6.59. The average Bonchev–Trinajstić information content (AvgIpc) is 2.66. The van der Waals surface area contributed by atoms with Crippen molar-refractivity contribution in [2.24, 2.45) is 10.2 Å². The van der Waals surface area contributed by atoms with Crippen molar-refractivity contribution in [3.05, 3.63) is 28.8 Å². The van der Waals surface area contributed by atoms with Crippen molar-refractivity contribution in [2.45, 2.75) is 5.37 Å². The van der Waals surface area contributed by atoms with Gasteiger partial charge in [0, 0.05) is 5.02 Å². The summed E-state index contributed by atoms with van der Waals surface area (Å²) >= 11 is 11.6. The molecule has 1 atom stereocenters. The van der Waals surface area contributed by atoms with E-state index in [1.54, 1.807) is 0 Å². The summed E-state index contributed by atoms with van der Waals surface area (Å²) < 4.78 is 0.323. The molecule has 98 valence electrons. The highest BCUT2D eigenvalue weighted by Gasteiger charge is 2.29. The van der Waals surface area contributed by atoms with Gasteiger partial charge in [0.1, 0.15) is 4.32 Å². The monoisotopic (exact) mass is 315 g/mol. The second-order valence-electron chi connectivity index (χ2n) is 3.43. The predicted molar refractivity (Wildman–Crippen MR) is 75.0 cm³/mol. The zero-order valence-corrected chi connectivity index (χ0v) is 11.6. The van der Waals surface area contributed by atoms with Gasteiger partial charge in [-0.1, -0.05) is 35.6 Å². The molecule has 9 heteroatoms. The normalized spacial score (nSPS) is 18.9. The Bertz CT molecular complexity index is 606. The molecule has 1 amide bonds. The minimum Gasteiger partial charge on any atom is -0.478 e. The van der Waals surface area contributed by atoms with E-state index in [0.717, 1.165) is 11.8 Å². The van der Waals surface area contributed by atoms with E-state index >= 15 is 0 Å². The maximum Gasteiger partial charge on any atom is 0.338 e. The number of hydrogen-bond acceptors (Lipinski definition) is 6. The number of azo groups is 1. The summed E-state index contributed by atoms with van der Waals surface area (Å²) in [4.78, 5) is 22.4. The van der Waals surface area contributed by atoms with Crippen LogP contribution in [0.3, 0.4) is 0 Å². The van der Waals surface area contributed by atoms with E-state index in [1.807, 2.05) is 0 Å². The Morgan fingerprint density at radius 1 is 1.53 bits per heavy atom. The van der Waals surface area contributed by atoms with Gasteiger partial charge in [-0.2, -0.15) is 10.2 Å². The van der Waals surface area contributed by atoms with Crippen molar-refractivity contribution in [1.29, 1.82) is 0 Å². The summed E-state index contributed by atoms with van der Waals surface area (Å²) in [6, 6.07) is 4.19. The molecule has 0 saturated carbocycles. The third kappa shape index (κ3) is 3.28. The standard InChI is InChI=1S/C10H6ClN3O3S2/c11-4-1-2-6(5(3-4)9(16)17)13-14-8-7(15)12-10(18)19-8/h1-3,8H,(H,16,17)(H,12,15,18)/t8-/m0/s1. The largest absolute Gasteiger partial charge is 0.478 e. The van der Waals surface area contributed by atoms with Crippen LogP contribution in [-0.2, 0) is 4.79 Å². The Labute approximate surface area is 122 Å². The van der Waals surface area contributed by atoms with Crippen molar-refractivity contribution in [1.82, 2.24) is 5.32 Å². The minimum atomic E-state index is -1.17. The molecular weight excluding hydrogens is 310 g/mol. The highest BCUT2D eigenvalue weighted by molar-refractivity contribution is 8.24. The van der Waals surface area contributed by atoms with E-state index < -0.39 is 11.3 Å². The van der Waals surface area contributed by atoms with Crippen LogP contribution in [0, 0.1) is 0 Å². The number of nitrogens with one attached hydrogen (secondary N) is 1. The van der Waals surface area contributed by atoms with E-state index in [4.69, 9.17) is 28.9 Å². The smallest absolute Gasteiger partial charge is 0.338 e. The first kappa shape index (κ1) is 13.9. The molecule has 0 unspecified atom stereocenters. The van der Waals surface area contributed by atoms with E-state index in [2.05, 4.69) is 15.5 Å². The predicted octanol–water partition coefficient (Wildman–Crippen LogP) is 2.60. The third-order valence-corrected chi connectivity index (χ3v) is 3.60. The van der Waals surface area contributed by atoms with Crippen molar-refractivity contribution < 1.29 is 14.7 Å². The van der Waals surface area contributed by atoms with Crippen molar-refractivity contribution in [3.8, 4) is 0 Å². The lowest BCUT2D eigenvalue weighted by Gasteiger charge is -2.01. The second kappa shape index (κ2) is 5.64. The number of nitrogens with zero attached hydrogens (tertiary/aromatic N) is 2. The van der Waals surface area contributed by atoms with E-state index in [-0.39, 0.29) is 22.2 Å². The Morgan fingerprint density at radius 2 is 2.26 bits per heavy atom. The molecular formula is C10H6ClN3O3S2. The molecule has 0 bridgehead atoms. The van der Waals surface area contributed by atoms with Crippen LogP contribution in [-0.4, -0.2) is 26.7 Å².